The lowest BCUT2D eigenvalue weighted by molar-refractivity contribution is -0.132. The molecule has 6 atom stereocenters. The molecule has 19 nitrogen and oxygen atoms in total. The number of phenols is 1. The van der Waals surface area contributed by atoms with E-state index in [0.29, 0.717) is 19.3 Å². The van der Waals surface area contributed by atoms with Crippen molar-refractivity contribution in [3.8, 4) is 5.75 Å². The monoisotopic (exact) mass is 810 g/mol. The molecule has 0 spiro atoms. The first-order valence-electron chi connectivity index (χ1n) is 19.4. The molecule has 0 bridgehead atoms. The van der Waals surface area contributed by atoms with E-state index in [0.717, 1.165) is 11.1 Å². The van der Waals surface area contributed by atoms with Gasteiger partial charge in [0.25, 0.3) is 0 Å². The Hall–Kier alpha value is -5.95. The van der Waals surface area contributed by atoms with Gasteiger partial charge >= 0.3 is 0 Å². The van der Waals surface area contributed by atoms with Gasteiger partial charge < -0.3 is 66.1 Å². The molecule has 0 saturated carbocycles. The minimum atomic E-state index is -1.04. The van der Waals surface area contributed by atoms with Gasteiger partial charge in [0, 0.05) is 32.1 Å². The predicted molar refractivity (Wildman–Crippen MR) is 224 cm³/mol. The average Bonchev–Trinajstić information content (AvgIpc) is 3.15. The summed E-state index contributed by atoms with van der Waals surface area (Å²) < 4.78 is 0. The number of carbonyl (C=O) groups excluding carboxylic acids is 5. The SMILES string of the molecule is CC(C)C[C@@H](CN[C@@H](CCCN=C(N)N)C(=O)N[C@@H](CCCN=C(N)N)C(N)=O)NC(=O)[C@H](Cc1ccccc1)NC(=O)[C@@H](C)NC(=O)[C@@H](N)Cc1ccc(O)cc1. The van der Waals surface area contributed by atoms with Crippen molar-refractivity contribution >= 4 is 41.5 Å². The first-order valence-corrected chi connectivity index (χ1v) is 19.4. The largest absolute Gasteiger partial charge is 0.508 e. The number of phenolic OH excluding ortho intramolecular Hbond substituents is 1. The van der Waals surface area contributed by atoms with Crippen LogP contribution in [0.4, 0.5) is 0 Å². The summed E-state index contributed by atoms with van der Waals surface area (Å²) in [6.45, 7) is 6.11. The number of guanidine groups is 2. The van der Waals surface area contributed by atoms with Gasteiger partial charge in [-0.05, 0) is 74.6 Å². The molecule has 2 aromatic carbocycles. The third-order valence-electron chi connectivity index (χ3n) is 8.98. The highest BCUT2D eigenvalue weighted by Crippen LogP contribution is 2.12. The van der Waals surface area contributed by atoms with E-state index in [1.165, 1.54) is 19.1 Å². The summed E-state index contributed by atoms with van der Waals surface area (Å²) in [4.78, 5) is 74.1. The highest BCUT2D eigenvalue weighted by Gasteiger charge is 2.29. The highest BCUT2D eigenvalue weighted by molar-refractivity contribution is 5.93. The van der Waals surface area contributed by atoms with Crippen LogP contribution in [0.5, 0.6) is 5.75 Å². The number of aromatic hydroxyl groups is 1. The van der Waals surface area contributed by atoms with Gasteiger partial charge in [-0.3, -0.25) is 34.0 Å². The lowest BCUT2D eigenvalue weighted by atomic mass is 10.0. The van der Waals surface area contributed by atoms with Crippen molar-refractivity contribution in [3.63, 3.8) is 0 Å². The van der Waals surface area contributed by atoms with Gasteiger partial charge in [-0.25, -0.2) is 0 Å². The van der Waals surface area contributed by atoms with Gasteiger partial charge in [0.05, 0.1) is 12.1 Å². The first kappa shape index (κ1) is 48.2. The van der Waals surface area contributed by atoms with Crippen molar-refractivity contribution < 1.29 is 29.1 Å². The number of nitrogens with two attached hydrogens (primary N) is 6. The van der Waals surface area contributed by atoms with E-state index < -0.39 is 65.8 Å². The molecule has 0 aromatic heterocycles. The van der Waals surface area contributed by atoms with Crippen molar-refractivity contribution in [2.24, 2.45) is 50.3 Å². The lowest BCUT2D eigenvalue weighted by Crippen LogP contribution is -2.58. The topological polar surface area (TPSA) is 347 Å². The van der Waals surface area contributed by atoms with Crippen LogP contribution in [0.2, 0.25) is 0 Å². The summed E-state index contributed by atoms with van der Waals surface area (Å²) in [6, 6.07) is 10.1. The molecule has 0 unspecified atom stereocenters. The summed E-state index contributed by atoms with van der Waals surface area (Å²) in [5.41, 5.74) is 35.0. The van der Waals surface area contributed by atoms with Crippen molar-refractivity contribution in [2.45, 2.75) is 102 Å². The van der Waals surface area contributed by atoms with Crippen molar-refractivity contribution in [3.05, 3.63) is 65.7 Å². The highest BCUT2D eigenvalue weighted by atomic mass is 16.3. The Morgan fingerprint density at radius 2 is 1.17 bits per heavy atom. The molecular formula is C39H63N13O6. The van der Waals surface area contributed by atoms with Gasteiger partial charge in [-0.2, -0.15) is 0 Å². The van der Waals surface area contributed by atoms with E-state index in [9.17, 15) is 29.1 Å². The third-order valence-corrected chi connectivity index (χ3v) is 8.98. The van der Waals surface area contributed by atoms with E-state index in [4.69, 9.17) is 34.4 Å². The van der Waals surface area contributed by atoms with E-state index in [1.54, 1.807) is 12.1 Å². The molecule has 0 heterocycles. The molecule has 5 amide bonds. The van der Waals surface area contributed by atoms with Crippen LogP contribution >= 0.6 is 0 Å². The Balaban J connectivity index is 2.21. The van der Waals surface area contributed by atoms with Crippen LogP contribution in [-0.2, 0) is 36.8 Å². The number of aliphatic imine (C=N–C) groups is 2. The summed E-state index contributed by atoms with van der Waals surface area (Å²) in [6.07, 6.45) is 2.11. The van der Waals surface area contributed by atoms with Crippen LogP contribution in [0.25, 0.3) is 0 Å². The molecule has 0 aliphatic carbocycles. The van der Waals surface area contributed by atoms with Crippen LogP contribution in [0, 0.1) is 5.92 Å². The predicted octanol–water partition coefficient (Wildman–Crippen LogP) is -1.94. The fourth-order valence-corrected chi connectivity index (χ4v) is 5.96. The number of nitrogens with zero attached hydrogens (tertiary/aromatic N) is 2. The zero-order valence-corrected chi connectivity index (χ0v) is 33.7. The van der Waals surface area contributed by atoms with Gasteiger partial charge in [0.15, 0.2) is 11.9 Å². The Bertz CT molecular complexity index is 1670. The molecule has 0 saturated heterocycles. The zero-order valence-electron chi connectivity index (χ0n) is 33.7. The second-order valence-corrected chi connectivity index (χ2v) is 14.6. The first-order chi connectivity index (χ1) is 27.4. The van der Waals surface area contributed by atoms with E-state index in [2.05, 4.69) is 36.6 Å². The van der Waals surface area contributed by atoms with Crippen molar-refractivity contribution in [2.75, 3.05) is 19.6 Å². The Labute approximate surface area is 340 Å². The second kappa shape index (κ2) is 25.3. The molecular weight excluding hydrogens is 747 g/mol. The second-order valence-electron chi connectivity index (χ2n) is 14.6. The smallest absolute Gasteiger partial charge is 0.243 e. The fourth-order valence-electron chi connectivity index (χ4n) is 5.96. The number of hydrogen-bond acceptors (Lipinski definition) is 10. The Morgan fingerprint density at radius 1 is 0.638 bits per heavy atom. The molecule has 320 valence electrons. The molecule has 19 heteroatoms. The summed E-state index contributed by atoms with van der Waals surface area (Å²) in [5.74, 6) is -2.83. The van der Waals surface area contributed by atoms with Crippen molar-refractivity contribution in [1.29, 1.82) is 0 Å². The van der Waals surface area contributed by atoms with Crippen LogP contribution in [0.1, 0.15) is 64.0 Å². The lowest BCUT2D eigenvalue weighted by Gasteiger charge is -2.28. The fraction of sp³-hybridized carbons (Fsp3) is 0.513. The van der Waals surface area contributed by atoms with Crippen molar-refractivity contribution in [1.82, 2.24) is 26.6 Å². The van der Waals surface area contributed by atoms with E-state index in [1.807, 2.05) is 44.2 Å². The Morgan fingerprint density at radius 3 is 1.72 bits per heavy atom. The maximum atomic E-state index is 14.0. The van der Waals surface area contributed by atoms with Gasteiger partial charge in [-0.15, -0.1) is 0 Å². The number of carbonyl (C=O) groups is 5. The van der Waals surface area contributed by atoms with Crippen LogP contribution in [0.3, 0.4) is 0 Å². The molecule has 18 N–H and O–H groups in total. The standard InChI is InChI=1S/C39H63N13O6/c1-23(2)19-27(22-48-31(12-8-18-47-39(44)45)36(57)51-30(33(41)54)11-7-17-46-38(42)43)50-37(58)32(21-25-9-5-4-6-10-25)52-34(55)24(3)49-35(56)29(40)20-26-13-15-28(53)16-14-26/h4-6,9-10,13-16,23-24,27,29-32,48,53H,7-8,11-12,17-22,40H2,1-3H3,(H2,41,54)(H,49,56)(H,50,58)(H,51,57)(H,52,55)(H4,42,43,46)(H4,44,45,47)/t24-,27+,29+,30+,31+,32+/m1/s1. The summed E-state index contributed by atoms with van der Waals surface area (Å²) in [5, 5.41) is 24.0. The van der Waals surface area contributed by atoms with Gasteiger partial charge in [-0.1, -0.05) is 56.3 Å². The summed E-state index contributed by atoms with van der Waals surface area (Å²) in [7, 11) is 0. The molecule has 0 aliphatic heterocycles. The van der Waals surface area contributed by atoms with E-state index in [-0.39, 0.29) is 68.9 Å². The number of hydrogen-bond donors (Lipinski definition) is 12. The number of rotatable bonds is 26. The van der Waals surface area contributed by atoms with E-state index >= 15 is 0 Å². The number of benzene rings is 2. The number of amides is 5. The molecule has 2 aromatic rings. The minimum Gasteiger partial charge on any atom is -0.508 e. The Kier molecular flexibility index (Phi) is 21.1. The third kappa shape index (κ3) is 19.3. The number of primary amides is 1. The van der Waals surface area contributed by atoms with Crippen LogP contribution in [0.15, 0.2) is 64.6 Å². The molecule has 0 radical (unpaired) electrons. The normalized spacial score (nSPS) is 14.1. The molecule has 58 heavy (non-hydrogen) atoms. The maximum absolute atomic E-state index is 14.0. The number of nitrogens with one attached hydrogen (secondary N) is 5. The zero-order chi connectivity index (χ0) is 43.2. The molecule has 0 aliphatic rings. The quantitative estimate of drug-likeness (QED) is 0.0281. The van der Waals surface area contributed by atoms with Crippen LogP contribution < -0.4 is 61.0 Å². The minimum absolute atomic E-state index is 0.0832. The van der Waals surface area contributed by atoms with Gasteiger partial charge in [0.2, 0.25) is 29.5 Å². The van der Waals surface area contributed by atoms with Gasteiger partial charge in [0.1, 0.15) is 23.9 Å². The molecule has 0 fully saturated rings. The summed E-state index contributed by atoms with van der Waals surface area (Å²) >= 11 is 0. The molecule has 2 rings (SSSR count). The average molecular weight is 810 g/mol. The maximum Gasteiger partial charge on any atom is 0.243 e. The van der Waals surface area contributed by atoms with Crippen LogP contribution in [-0.4, -0.2) is 102 Å².